The van der Waals surface area contributed by atoms with Gasteiger partial charge in [0.15, 0.2) is 0 Å². The summed E-state index contributed by atoms with van der Waals surface area (Å²) in [6.45, 7) is 4.30. The summed E-state index contributed by atoms with van der Waals surface area (Å²) >= 11 is 0. The Labute approximate surface area is 86.3 Å². The van der Waals surface area contributed by atoms with Gasteiger partial charge in [-0.05, 0) is 43.7 Å². The van der Waals surface area contributed by atoms with Crippen molar-refractivity contribution in [2.24, 2.45) is 11.7 Å². The summed E-state index contributed by atoms with van der Waals surface area (Å²) in [5.74, 6) is 0.732. The molecule has 0 aliphatic heterocycles. The van der Waals surface area contributed by atoms with Crippen molar-refractivity contribution in [1.82, 2.24) is 0 Å². The van der Waals surface area contributed by atoms with E-state index in [0.29, 0.717) is 0 Å². The van der Waals surface area contributed by atoms with Gasteiger partial charge in [0.05, 0.1) is 0 Å². The third-order valence-electron chi connectivity index (χ3n) is 3.45. The van der Waals surface area contributed by atoms with Gasteiger partial charge in [-0.2, -0.15) is 0 Å². The summed E-state index contributed by atoms with van der Waals surface area (Å²) in [5, 5.41) is 0. The fourth-order valence-corrected chi connectivity index (χ4v) is 2.17. The van der Waals surface area contributed by atoms with Crippen LogP contribution in [-0.2, 0) is 0 Å². The highest BCUT2D eigenvalue weighted by Crippen LogP contribution is 2.37. The molecular weight excluding hydrogens is 170 g/mol. The molecule has 0 radical (unpaired) electrons. The summed E-state index contributed by atoms with van der Waals surface area (Å²) in [7, 11) is 0. The minimum Gasteiger partial charge on any atom is -0.324 e. The molecule has 76 valence electrons. The van der Waals surface area contributed by atoms with Crippen LogP contribution in [0.5, 0.6) is 0 Å². The van der Waals surface area contributed by atoms with E-state index in [4.69, 9.17) is 5.73 Å². The number of rotatable bonds is 2. The van der Waals surface area contributed by atoms with E-state index in [1.165, 1.54) is 36.0 Å². The smallest absolute Gasteiger partial charge is 0.0326 e. The molecule has 0 bridgehead atoms. The van der Waals surface area contributed by atoms with Crippen molar-refractivity contribution >= 4 is 0 Å². The van der Waals surface area contributed by atoms with E-state index >= 15 is 0 Å². The first-order valence-corrected chi connectivity index (χ1v) is 5.51. The van der Waals surface area contributed by atoms with Gasteiger partial charge in [-0.3, -0.25) is 0 Å². The molecule has 1 aliphatic rings. The van der Waals surface area contributed by atoms with Gasteiger partial charge in [0.2, 0.25) is 0 Å². The van der Waals surface area contributed by atoms with Crippen molar-refractivity contribution in [3.8, 4) is 0 Å². The van der Waals surface area contributed by atoms with Crippen LogP contribution in [0.4, 0.5) is 0 Å². The predicted octanol–water partition coefficient (Wildman–Crippen LogP) is 3.10. The Hall–Kier alpha value is -0.820. The summed E-state index contributed by atoms with van der Waals surface area (Å²) < 4.78 is 0. The second kappa shape index (κ2) is 3.74. The van der Waals surface area contributed by atoms with Crippen LogP contribution in [-0.4, -0.2) is 0 Å². The minimum absolute atomic E-state index is 0.267. The van der Waals surface area contributed by atoms with E-state index in [-0.39, 0.29) is 6.04 Å². The molecule has 0 unspecified atom stereocenters. The van der Waals surface area contributed by atoms with Crippen LogP contribution in [0.2, 0.25) is 0 Å². The van der Waals surface area contributed by atoms with Gasteiger partial charge in [-0.15, -0.1) is 0 Å². The zero-order chi connectivity index (χ0) is 10.1. The topological polar surface area (TPSA) is 26.0 Å². The van der Waals surface area contributed by atoms with Crippen LogP contribution in [0.25, 0.3) is 0 Å². The van der Waals surface area contributed by atoms with Crippen molar-refractivity contribution in [3.63, 3.8) is 0 Å². The van der Waals surface area contributed by atoms with E-state index < -0.39 is 0 Å². The van der Waals surface area contributed by atoms with Crippen molar-refractivity contribution in [2.45, 2.75) is 39.2 Å². The monoisotopic (exact) mass is 189 g/mol. The SMILES string of the molecule is Cc1ccc(C)c([C@H](N)C2CCC2)c1. The van der Waals surface area contributed by atoms with Crippen LogP contribution in [0.3, 0.4) is 0 Å². The highest BCUT2D eigenvalue weighted by atomic mass is 14.7. The number of nitrogens with two attached hydrogens (primary N) is 1. The lowest BCUT2D eigenvalue weighted by atomic mass is 9.76. The molecule has 0 saturated heterocycles. The molecule has 1 aromatic rings. The van der Waals surface area contributed by atoms with Gasteiger partial charge in [-0.25, -0.2) is 0 Å². The summed E-state index contributed by atoms with van der Waals surface area (Å²) in [5.41, 5.74) is 10.3. The molecule has 0 spiro atoms. The maximum Gasteiger partial charge on any atom is 0.0326 e. The Morgan fingerprint density at radius 3 is 2.57 bits per heavy atom. The fraction of sp³-hybridized carbons (Fsp3) is 0.538. The molecule has 1 aliphatic carbocycles. The molecule has 1 atom stereocenters. The fourth-order valence-electron chi connectivity index (χ4n) is 2.17. The summed E-state index contributed by atoms with van der Waals surface area (Å²) in [6.07, 6.45) is 3.99. The lowest BCUT2D eigenvalue weighted by Gasteiger charge is -2.32. The number of benzene rings is 1. The number of hydrogen-bond donors (Lipinski definition) is 1. The van der Waals surface area contributed by atoms with Crippen LogP contribution in [0, 0.1) is 19.8 Å². The Bertz CT molecular complexity index is 326. The molecule has 2 N–H and O–H groups in total. The van der Waals surface area contributed by atoms with Gasteiger partial charge < -0.3 is 5.73 Å². The largest absolute Gasteiger partial charge is 0.324 e. The molecule has 1 aromatic carbocycles. The van der Waals surface area contributed by atoms with Gasteiger partial charge in [0.25, 0.3) is 0 Å². The van der Waals surface area contributed by atoms with E-state index in [1.807, 2.05) is 0 Å². The lowest BCUT2D eigenvalue weighted by Crippen LogP contribution is -2.27. The molecule has 1 heteroatoms. The second-order valence-corrected chi connectivity index (χ2v) is 4.58. The summed E-state index contributed by atoms with van der Waals surface area (Å²) in [4.78, 5) is 0. The third-order valence-corrected chi connectivity index (χ3v) is 3.45. The zero-order valence-corrected chi connectivity index (χ0v) is 9.09. The van der Waals surface area contributed by atoms with Gasteiger partial charge in [-0.1, -0.05) is 30.2 Å². The van der Waals surface area contributed by atoms with Crippen LogP contribution in [0.15, 0.2) is 18.2 Å². The average Bonchev–Trinajstić information content (AvgIpc) is 2.06. The molecule has 1 saturated carbocycles. The maximum atomic E-state index is 6.27. The van der Waals surface area contributed by atoms with E-state index in [9.17, 15) is 0 Å². The molecule has 0 amide bonds. The highest BCUT2D eigenvalue weighted by molar-refractivity contribution is 5.33. The predicted molar refractivity (Wildman–Crippen MR) is 60.2 cm³/mol. The van der Waals surface area contributed by atoms with Gasteiger partial charge in [0.1, 0.15) is 0 Å². The molecular formula is C13H19N. The minimum atomic E-state index is 0.267. The van der Waals surface area contributed by atoms with Crippen molar-refractivity contribution in [3.05, 3.63) is 34.9 Å². The lowest BCUT2D eigenvalue weighted by molar-refractivity contribution is 0.264. The maximum absolute atomic E-state index is 6.27. The van der Waals surface area contributed by atoms with Crippen molar-refractivity contribution < 1.29 is 0 Å². The Kier molecular flexibility index (Phi) is 2.60. The van der Waals surface area contributed by atoms with Crippen molar-refractivity contribution in [1.29, 1.82) is 0 Å². The van der Waals surface area contributed by atoms with Crippen LogP contribution >= 0.6 is 0 Å². The number of aryl methyl sites for hydroxylation is 2. The Balaban J connectivity index is 2.24. The van der Waals surface area contributed by atoms with Crippen LogP contribution in [0.1, 0.15) is 42.0 Å². The molecule has 1 fully saturated rings. The second-order valence-electron chi connectivity index (χ2n) is 4.58. The first-order chi connectivity index (χ1) is 6.68. The normalized spacial score (nSPS) is 19.1. The number of hydrogen-bond acceptors (Lipinski definition) is 1. The van der Waals surface area contributed by atoms with Crippen LogP contribution < -0.4 is 5.73 Å². The Morgan fingerprint density at radius 2 is 2.00 bits per heavy atom. The standard InChI is InChI=1S/C13H19N/c1-9-6-7-10(2)12(8-9)13(14)11-4-3-5-11/h6-8,11,13H,3-5,14H2,1-2H3/t13-/m1/s1. The molecule has 14 heavy (non-hydrogen) atoms. The Morgan fingerprint density at radius 1 is 1.29 bits per heavy atom. The molecule has 0 heterocycles. The summed E-state index contributed by atoms with van der Waals surface area (Å²) in [6, 6.07) is 6.86. The zero-order valence-electron chi connectivity index (χ0n) is 9.09. The first kappa shape index (κ1) is 9.72. The molecule has 0 aromatic heterocycles. The molecule has 2 rings (SSSR count). The first-order valence-electron chi connectivity index (χ1n) is 5.51. The average molecular weight is 189 g/mol. The van der Waals surface area contributed by atoms with Gasteiger partial charge >= 0.3 is 0 Å². The third kappa shape index (κ3) is 1.69. The van der Waals surface area contributed by atoms with Gasteiger partial charge in [0, 0.05) is 6.04 Å². The van der Waals surface area contributed by atoms with E-state index in [2.05, 4.69) is 32.0 Å². The van der Waals surface area contributed by atoms with E-state index in [0.717, 1.165) is 5.92 Å². The van der Waals surface area contributed by atoms with Crippen molar-refractivity contribution in [2.75, 3.05) is 0 Å². The highest BCUT2D eigenvalue weighted by Gasteiger charge is 2.26. The molecule has 1 nitrogen and oxygen atoms in total. The quantitative estimate of drug-likeness (QED) is 0.760. The van der Waals surface area contributed by atoms with E-state index in [1.54, 1.807) is 0 Å².